The molecule has 0 saturated heterocycles. The van der Waals surface area contributed by atoms with Crippen molar-refractivity contribution in [1.29, 1.82) is 0 Å². The number of rotatable bonds is 6. The molecule has 10 heteroatoms. The van der Waals surface area contributed by atoms with Gasteiger partial charge in [-0.25, -0.2) is 19.4 Å². The van der Waals surface area contributed by atoms with Gasteiger partial charge in [-0.2, -0.15) is 0 Å². The van der Waals surface area contributed by atoms with Crippen molar-refractivity contribution in [2.75, 3.05) is 37.7 Å². The fourth-order valence-corrected chi connectivity index (χ4v) is 5.76. The van der Waals surface area contributed by atoms with Crippen molar-refractivity contribution in [3.05, 3.63) is 47.4 Å². The third-order valence-corrected chi connectivity index (χ3v) is 8.27. The van der Waals surface area contributed by atoms with E-state index < -0.39 is 39.8 Å². The molecule has 1 aliphatic carbocycles. The van der Waals surface area contributed by atoms with Gasteiger partial charge in [-0.05, 0) is 55.9 Å². The number of ether oxygens (including phenoxy) is 1. The van der Waals surface area contributed by atoms with Gasteiger partial charge in [0, 0.05) is 41.1 Å². The molecular weight excluding hydrogens is 473 g/mol. The molecule has 1 aromatic heterocycles. The number of pyridine rings is 1. The highest BCUT2D eigenvalue weighted by molar-refractivity contribution is 8.32. The Hall–Kier alpha value is -3.14. The van der Waals surface area contributed by atoms with Crippen molar-refractivity contribution >= 4 is 33.5 Å². The number of benzene rings is 1. The predicted octanol–water partition coefficient (Wildman–Crippen LogP) is 3.46. The van der Waals surface area contributed by atoms with Gasteiger partial charge in [-0.1, -0.05) is 0 Å². The highest BCUT2D eigenvalue weighted by Crippen LogP contribution is 2.47. The highest BCUT2D eigenvalue weighted by atomic mass is 32.3. The van der Waals surface area contributed by atoms with Crippen LogP contribution in [0, 0.1) is 17.7 Å². The quantitative estimate of drug-likeness (QED) is 0.625. The van der Waals surface area contributed by atoms with Crippen molar-refractivity contribution < 1.29 is 28.6 Å². The molecule has 0 radical (unpaired) electrons. The molecule has 0 unspecified atom stereocenters. The number of fused-ring (bicyclic) bond motifs is 1. The molecule has 1 aliphatic heterocycles. The fourth-order valence-electron chi connectivity index (χ4n) is 4.64. The Morgan fingerprint density at radius 2 is 1.86 bits per heavy atom. The lowest BCUT2D eigenvalue weighted by Gasteiger charge is -2.41. The Morgan fingerprint density at radius 1 is 1.14 bits per heavy atom. The van der Waals surface area contributed by atoms with E-state index in [1.54, 1.807) is 24.3 Å². The Labute approximate surface area is 205 Å². The molecule has 0 bridgehead atoms. The van der Waals surface area contributed by atoms with Gasteiger partial charge in [-0.15, -0.1) is 0 Å². The molecule has 8 nitrogen and oxygen atoms in total. The fraction of sp³-hybridized carbons (Fsp3) is 0.440. The second-order valence-electron chi connectivity index (χ2n) is 9.75. The zero-order valence-corrected chi connectivity index (χ0v) is 21.0. The number of amides is 2. The Kier molecular flexibility index (Phi) is 6.77. The summed E-state index contributed by atoms with van der Waals surface area (Å²) in [7, 11) is 0.219. The van der Waals surface area contributed by atoms with Crippen LogP contribution in [0.1, 0.15) is 30.1 Å². The first kappa shape index (κ1) is 25.0. The van der Waals surface area contributed by atoms with Crippen LogP contribution in [0.2, 0.25) is 0 Å². The third-order valence-electron chi connectivity index (χ3n) is 6.62. The average molecular weight is 504 g/mol. The molecule has 1 saturated carbocycles. The normalized spacial score (nSPS) is 22.0. The molecule has 2 N–H and O–H groups in total. The van der Waals surface area contributed by atoms with Crippen molar-refractivity contribution in [2.24, 2.45) is 11.8 Å². The minimum atomic E-state index is -1.29. The second kappa shape index (κ2) is 9.49. The molecule has 2 aromatic rings. The monoisotopic (exact) mass is 503 g/mol. The van der Waals surface area contributed by atoms with Gasteiger partial charge in [-0.3, -0.25) is 14.4 Å². The molecule has 35 heavy (non-hydrogen) atoms. The van der Waals surface area contributed by atoms with Gasteiger partial charge in [0.1, 0.15) is 11.9 Å². The largest absolute Gasteiger partial charge is 0.481 e. The minimum absolute atomic E-state index is 0.248. The second-order valence-corrected chi connectivity index (χ2v) is 13.9. The first-order valence-electron chi connectivity index (χ1n) is 11.4. The Bertz CT molecular complexity index is 1180. The topological polar surface area (TPSA) is 109 Å². The number of anilines is 1. The molecular formula is C25H30FN3O5S. The number of carboxylic acid groups (broad SMARTS) is 1. The van der Waals surface area contributed by atoms with E-state index in [9.17, 15) is 23.9 Å². The molecule has 4 rings (SSSR count). The van der Waals surface area contributed by atoms with Crippen molar-refractivity contribution in [3.63, 3.8) is 0 Å². The summed E-state index contributed by atoms with van der Waals surface area (Å²) in [4.78, 5) is 44.6. The van der Waals surface area contributed by atoms with Gasteiger partial charge in [0.25, 0.3) is 5.91 Å². The van der Waals surface area contributed by atoms with Gasteiger partial charge >= 0.3 is 5.97 Å². The summed E-state index contributed by atoms with van der Waals surface area (Å²) in [5, 5.41) is 12.0. The van der Waals surface area contributed by atoms with Crippen molar-refractivity contribution in [1.82, 2.24) is 9.88 Å². The van der Waals surface area contributed by atoms with Crippen LogP contribution in [-0.4, -0.2) is 65.2 Å². The molecule has 1 fully saturated rings. The maximum absolute atomic E-state index is 14.8. The zero-order valence-electron chi connectivity index (χ0n) is 20.2. The summed E-state index contributed by atoms with van der Waals surface area (Å²) in [6.45, 7) is 0.263. The first-order chi connectivity index (χ1) is 16.5. The summed E-state index contributed by atoms with van der Waals surface area (Å²) in [6.07, 6.45) is 6.92. The summed E-state index contributed by atoms with van der Waals surface area (Å²) >= 11 is 0. The van der Waals surface area contributed by atoms with Crippen LogP contribution in [0.15, 0.2) is 35.2 Å². The number of carbonyl (C=O) groups excluding carboxylic acids is 2. The lowest BCUT2D eigenvalue weighted by Crippen LogP contribution is -2.50. The predicted molar refractivity (Wildman–Crippen MR) is 131 cm³/mol. The van der Waals surface area contributed by atoms with E-state index >= 15 is 0 Å². The number of aromatic nitrogens is 1. The van der Waals surface area contributed by atoms with E-state index in [1.165, 1.54) is 18.1 Å². The smallest absolute Gasteiger partial charge is 0.306 e. The maximum atomic E-state index is 14.8. The van der Waals surface area contributed by atoms with Crippen LogP contribution in [0.3, 0.4) is 0 Å². The van der Waals surface area contributed by atoms with Crippen LogP contribution < -0.4 is 10.1 Å². The van der Waals surface area contributed by atoms with Crippen LogP contribution >= 0.6 is 10.0 Å². The summed E-state index contributed by atoms with van der Waals surface area (Å²) in [5.41, 5.74) is 1.53. The number of nitrogens with one attached hydrogen (secondary N) is 1. The number of aliphatic carboxylic acids is 1. The standard InChI is InChI=1S/C25H30FN3O5S/c1-34-21-8-6-17-19(28-21)9-10-29(24(31)14-11-15(12-14)25(32)33)22(17)23(30)27-16-5-7-20(18(26)13-16)35(2,3)4/h5-8,13-15,22H,9-12H2,1-4H3,(H,27,30)(H,32,33)/t14-,15+,22-/m1/s1. The van der Waals surface area contributed by atoms with Crippen LogP contribution in [0.5, 0.6) is 5.88 Å². The van der Waals surface area contributed by atoms with E-state index in [4.69, 9.17) is 4.74 Å². The van der Waals surface area contributed by atoms with Gasteiger partial charge in [0.15, 0.2) is 0 Å². The van der Waals surface area contributed by atoms with E-state index in [0.29, 0.717) is 34.1 Å². The van der Waals surface area contributed by atoms with E-state index in [-0.39, 0.29) is 31.1 Å². The number of carbonyl (C=O) groups is 3. The molecule has 2 amide bonds. The van der Waals surface area contributed by atoms with Crippen LogP contribution in [-0.2, 0) is 20.8 Å². The number of nitrogens with zero attached hydrogens (tertiary/aromatic N) is 2. The van der Waals surface area contributed by atoms with Gasteiger partial charge in [0.05, 0.1) is 18.7 Å². The lowest BCUT2D eigenvalue weighted by molar-refractivity contribution is -0.154. The van der Waals surface area contributed by atoms with Crippen LogP contribution in [0.25, 0.3) is 0 Å². The zero-order chi connectivity index (χ0) is 25.5. The van der Waals surface area contributed by atoms with E-state index in [1.807, 2.05) is 18.8 Å². The van der Waals surface area contributed by atoms with E-state index in [2.05, 4.69) is 10.3 Å². The SMILES string of the molecule is COc1ccc2c(n1)CCN(C(=O)[C@H]1C[C@@H](C(=O)O)C1)[C@H]2C(=O)Nc1ccc(S(C)(C)C)c(F)c1. The van der Waals surface area contributed by atoms with Crippen LogP contribution in [0.4, 0.5) is 10.1 Å². The molecule has 0 spiro atoms. The Balaban J connectivity index is 1.62. The molecule has 188 valence electrons. The van der Waals surface area contributed by atoms with Crippen molar-refractivity contribution in [2.45, 2.75) is 30.2 Å². The number of methoxy groups -OCH3 is 1. The van der Waals surface area contributed by atoms with E-state index in [0.717, 1.165) is 0 Å². The van der Waals surface area contributed by atoms with Crippen molar-refractivity contribution in [3.8, 4) is 5.88 Å². The first-order valence-corrected chi connectivity index (χ1v) is 14.2. The molecule has 2 heterocycles. The molecule has 1 aromatic carbocycles. The number of hydrogen-bond acceptors (Lipinski definition) is 5. The molecule has 2 aliphatic rings. The highest BCUT2D eigenvalue weighted by Gasteiger charge is 2.45. The van der Waals surface area contributed by atoms with Gasteiger partial charge < -0.3 is 20.1 Å². The summed E-state index contributed by atoms with van der Waals surface area (Å²) in [5.74, 6) is -2.59. The third kappa shape index (κ3) is 4.98. The van der Waals surface area contributed by atoms with Gasteiger partial charge in [0.2, 0.25) is 11.8 Å². The summed E-state index contributed by atoms with van der Waals surface area (Å²) < 4.78 is 20.0. The maximum Gasteiger partial charge on any atom is 0.306 e. The number of carboxylic acids is 1. The molecule has 1 atom stereocenters. The summed E-state index contributed by atoms with van der Waals surface area (Å²) in [6, 6.07) is 7.04. The number of halogens is 1. The average Bonchev–Trinajstić information content (AvgIpc) is 2.75. The number of hydrogen-bond donors (Lipinski definition) is 2. The minimum Gasteiger partial charge on any atom is -0.481 e. The Morgan fingerprint density at radius 3 is 2.46 bits per heavy atom. The lowest BCUT2D eigenvalue weighted by atomic mass is 9.73.